The lowest BCUT2D eigenvalue weighted by Crippen LogP contribution is -2.31. The molecule has 33 heavy (non-hydrogen) atoms. The second-order valence-corrected chi connectivity index (χ2v) is 7.40. The van der Waals surface area contributed by atoms with Gasteiger partial charge < -0.3 is 20.7 Å². The summed E-state index contributed by atoms with van der Waals surface area (Å²) in [6.45, 7) is 0. The van der Waals surface area contributed by atoms with Crippen LogP contribution in [0.1, 0.15) is 43.4 Å². The molecular formula is C22H15BF4N2O4. The Morgan fingerprint density at radius 3 is 2.45 bits per heavy atom. The molecule has 0 aliphatic carbocycles. The maximum absolute atomic E-state index is 13.7. The summed E-state index contributed by atoms with van der Waals surface area (Å²) in [4.78, 5) is 25.2. The van der Waals surface area contributed by atoms with Crippen molar-refractivity contribution in [1.29, 1.82) is 0 Å². The average molecular weight is 458 g/mol. The first kappa shape index (κ1) is 22.5. The first-order valence-corrected chi connectivity index (χ1v) is 9.63. The molecule has 1 unspecified atom stereocenters. The molecule has 0 saturated heterocycles. The number of carbonyl (C=O) groups excluding carboxylic acids is 2. The van der Waals surface area contributed by atoms with Crippen molar-refractivity contribution in [2.24, 2.45) is 0 Å². The van der Waals surface area contributed by atoms with Gasteiger partial charge in [-0.05, 0) is 41.4 Å². The molecule has 4 N–H and O–H groups in total. The van der Waals surface area contributed by atoms with Crippen LogP contribution >= 0.6 is 0 Å². The van der Waals surface area contributed by atoms with Gasteiger partial charge in [0.05, 0.1) is 11.6 Å². The van der Waals surface area contributed by atoms with Gasteiger partial charge in [0, 0.05) is 22.4 Å². The third-order valence-electron chi connectivity index (χ3n) is 5.19. The molecule has 0 spiro atoms. The van der Waals surface area contributed by atoms with Crippen molar-refractivity contribution in [3.05, 3.63) is 94.3 Å². The predicted octanol–water partition coefficient (Wildman–Crippen LogP) is 2.61. The van der Waals surface area contributed by atoms with Gasteiger partial charge in [-0.1, -0.05) is 30.3 Å². The SMILES string of the molecule is O=C(Nc1cccc2c1C(c1cccc(B(O)O)c1)NC2=O)c1cc(F)cc(C(F)(F)F)c1. The van der Waals surface area contributed by atoms with E-state index >= 15 is 0 Å². The minimum Gasteiger partial charge on any atom is -0.423 e. The van der Waals surface area contributed by atoms with Gasteiger partial charge in [0.2, 0.25) is 0 Å². The Morgan fingerprint density at radius 1 is 1.03 bits per heavy atom. The van der Waals surface area contributed by atoms with Crippen LogP contribution in [0.5, 0.6) is 0 Å². The van der Waals surface area contributed by atoms with Gasteiger partial charge in [0.1, 0.15) is 5.82 Å². The Balaban J connectivity index is 1.72. The molecule has 0 fully saturated rings. The number of carbonyl (C=O) groups is 2. The molecule has 1 atom stereocenters. The summed E-state index contributed by atoms with van der Waals surface area (Å²) in [5, 5.41) is 24.1. The van der Waals surface area contributed by atoms with E-state index in [4.69, 9.17) is 0 Å². The van der Waals surface area contributed by atoms with Crippen molar-refractivity contribution in [2.45, 2.75) is 12.2 Å². The van der Waals surface area contributed by atoms with E-state index in [2.05, 4.69) is 10.6 Å². The summed E-state index contributed by atoms with van der Waals surface area (Å²) in [7, 11) is -1.74. The summed E-state index contributed by atoms with van der Waals surface area (Å²) in [5.74, 6) is -2.67. The lowest BCUT2D eigenvalue weighted by Gasteiger charge is -2.18. The van der Waals surface area contributed by atoms with Crippen molar-refractivity contribution in [2.75, 3.05) is 5.32 Å². The minimum atomic E-state index is -4.84. The number of rotatable bonds is 4. The lowest BCUT2D eigenvalue weighted by molar-refractivity contribution is -0.137. The number of fused-ring (bicyclic) bond motifs is 1. The fourth-order valence-electron chi connectivity index (χ4n) is 3.69. The van der Waals surface area contributed by atoms with E-state index in [1.807, 2.05) is 0 Å². The lowest BCUT2D eigenvalue weighted by atomic mass is 9.78. The number of hydrogen-bond acceptors (Lipinski definition) is 4. The van der Waals surface area contributed by atoms with Crippen LogP contribution in [-0.4, -0.2) is 29.0 Å². The molecule has 3 aromatic rings. The van der Waals surface area contributed by atoms with Gasteiger partial charge in [0.25, 0.3) is 11.8 Å². The van der Waals surface area contributed by atoms with Gasteiger partial charge in [-0.15, -0.1) is 0 Å². The zero-order chi connectivity index (χ0) is 23.9. The number of anilines is 1. The third kappa shape index (κ3) is 4.45. The maximum Gasteiger partial charge on any atom is 0.488 e. The normalized spacial score (nSPS) is 15.1. The number of alkyl halides is 3. The first-order chi connectivity index (χ1) is 15.5. The summed E-state index contributed by atoms with van der Waals surface area (Å²) in [6.07, 6.45) is -4.84. The zero-order valence-corrected chi connectivity index (χ0v) is 16.7. The fraction of sp³-hybridized carbons (Fsp3) is 0.0909. The monoisotopic (exact) mass is 458 g/mol. The number of halogens is 4. The standard InChI is InChI=1S/C22H15BF4N2O4/c24-15-9-12(7-13(10-15)22(25,26)27)20(30)28-17-6-2-5-16-18(17)19(29-21(16)31)11-3-1-4-14(8-11)23(32)33/h1-10,19,32-33H,(H,28,30)(H,29,31). The van der Waals surface area contributed by atoms with Gasteiger partial charge >= 0.3 is 13.3 Å². The Morgan fingerprint density at radius 2 is 1.76 bits per heavy atom. The van der Waals surface area contributed by atoms with Crippen LogP contribution in [0.15, 0.2) is 60.7 Å². The topological polar surface area (TPSA) is 98.7 Å². The Bertz CT molecular complexity index is 1260. The highest BCUT2D eigenvalue weighted by atomic mass is 19.4. The Labute approximate surface area is 185 Å². The molecule has 4 rings (SSSR count). The van der Waals surface area contributed by atoms with Crippen molar-refractivity contribution in [1.82, 2.24) is 5.32 Å². The molecule has 0 bridgehead atoms. The van der Waals surface area contributed by atoms with Crippen LogP contribution in [0.25, 0.3) is 0 Å². The van der Waals surface area contributed by atoms with Crippen LogP contribution in [0, 0.1) is 5.82 Å². The van der Waals surface area contributed by atoms with Crippen molar-refractivity contribution in [3.63, 3.8) is 0 Å². The number of hydrogen-bond donors (Lipinski definition) is 4. The molecule has 1 aliphatic rings. The molecule has 6 nitrogen and oxygen atoms in total. The van der Waals surface area contributed by atoms with Crippen LogP contribution < -0.4 is 16.1 Å². The second kappa shape index (κ2) is 8.34. The molecule has 168 valence electrons. The van der Waals surface area contributed by atoms with E-state index < -0.39 is 48.1 Å². The van der Waals surface area contributed by atoms with Crippen LogP contribution in [-0.2, 0) is 6.18 Å². The smallest absolute Gasteiger partial charge is 0.423 e. The van der Waals surface area contributed by atoms with E-state index in [1.54, 1.807) is 12.1 Å². The quantitative estimate of drug-likeness (QED) is 0.357. The molecule has 0 aromatic heterocycles. The predicted molar refractivity (Wildman–Crippen MR) is 111 cm³/mol. The molecule has 2 amide bonds. The van der Waals surface area contributed by atoms with Gasteiger partial charge in [0.15, 0.2) is 0 Å². The van der Waals surface area contributed by atoms with Crippen molar-refractivity contribution in [3.8, 4) is 0 Å². The average Bonchev–Trinajstić information content (AvgIpc) is 3.10. The third-order valence-corrected chi connectivity index (χ3v) is 5.19. The minimum absolute atomic E-state index is 0.133. The van der Waals surface area contributed by atoms with Crippen molar-refractivity contribution >= 4 is 30.1 Å². The molecule has 11 heteroatoms. The van der Waals surface area contributed by atoms with E-state index in [-0.39, 0.29) is 22.8 Å². The summed E-state index contributed by atoms with van der Waals surface area (Å²) in [6, 6.07) is 11.3. The summed E-state index contributed by atoms with van der Waals surface area (Å²) < 4.78 is 52.8. The largest absolute Gasteiger partial charge is 0.488 e. The zero-order valence-electron chi connectivity index (χ0n) is 16.7. The highest BCUT2D eigenvalue weighted by Gasteiger charge is 2.34. The Hall–Kier alpha value is -3.70. The van der Waals surface area contributed by atoms with Crippen LogP contribution in [0.3, 0.4) is 0 Å². The van der Waals surface area contributed by atoms with Gasteiger partial charge in [-0.2, -0.15) is 13.2 Å². The second-order valence-electron chi connectivity index (χ2n) is 7.40. The van der Waals surface area contributed by atoms with Crippen LogP contribution in [0.4, 0.5) is 23.2 Å². The number of benzene rings is 3. The molecule has 0 saturated carbocycles. The molecule has 1 heterocycles. The first-order valence-electron chi connectivity index (χ1n) is 9.63. The molecular weight excluding hydrogens is 443 g/mol. The Kier molecular flexibility index (Phi) is 5.69. The molecule has 1 aliphatic heterocycles. The van der Waals surface area contributed by atoms with Crippen LogP contribution in [0.2, 0.25) is 0 Å². The summed E-state index contributed by atoms with van der Waals surface area (Å²) in [5.41, 5.74) is -0.487. The summed E-state index contributed by atoms with van der Waals surface area (Å²) >= 11 is 0. The highest BCUT2D eigenvalue weighted by molar-refractivity contribution is 6.58. The van der Waals surface area contributed by atoms with Gasteiger partial charge in [-0.25, -0.2) is 4.39 Å². The van der Waals surface area contributed by atoms with E-state index in [0.717, 1.165) is 0 Å². The molecule has 0 radical (unpaired) electrons. The highest BCUT2D eigenvalue weighted by Crippen LogP contribution is 2.36. The van der Waals surface area contributed by atoms with E-state index in [9.17, 15) is 37.2 Å². The van der Waals surface area contributed by atoms with Gasteiger partial charge in [-0.3, -0.25) is 9.59 Å². The maximum atomic E-state index is 13.7. The van der Waals surface area contributed by atoms with Crippen molar-refractivity contribution < 1.29 is 37.2 Å². The number of amides is 2. The molecule has 3 aromatic carbocycles. The van der Waals surface area contributed by atoms with E-state index in [0.29, 0.717) is 23.3 Å². The number of nitrogens with one attached hydrogen (secondary N) is 2. The fourth-order valence-corrected chi connectivity index (χ4v) is 3.69. The van der Waals surface area contributed by atoms with E-state index in [1.165, 1.54) is 30.3 Å².